The van der Waals surface area contributed by atoms with Gasteiger partial charge in [-0.15, -0.1) is 0 Å². The van der Waals surface area contributed by atoms with Gasteiger partial charge in [0.05, 0.1) is 7.11 Å². The molecule has 0 saturated heterocycles. The summed E-state index contributed by atoms with van der Waals surface area (Å²) in [4.78, 5) is 11.2. The lowest BCUT2D eigenvalue weighted by molar-refractivity contribution is -0.141. The molecule has 1 aliphatic carbocycles. The molecule has 2 nitrogen and oxygen atoms in total. The highest BCUT2D eigenvalue weighted by Crippen LogP contribution is 2.29. The number of allylic oxidation sites excluding steroid dienone is 4. The molecule has 1 rings (SSSR count). The highest BCUT2D eigenvalue weighted by Gasteiger charge is 2.18. The van der Waals surface area contributed by atoms with Crippen LogP contribution >= 0.6 is 0 Å². The lowest BCUT2D eigenvalue weighted by Crippen LogP contribution is -2.13. The van der Waals surface area contributed by atoms with Crippen LogP contribution in [-0.2, 0) is 9.53 Å². The fraction of sp³-hybridized carbons (Fsp3) is 0.667. The average molecular weight is 236 g/mol. The maximum Gasteiger partial charge on any atom is 0.305 e. The van der Waals surface area contributed by atoms with E-state index in [1.165, 1.54) is 18.3 Å². The molecule has 0 saturated carbocycles. The lowest BCUT2D eigenvalue weighted by Gasteiger charge is -2.21. The highest BCUT2D eigenvalue weighted by molar-refractivity contribution is 5.69. The molecule has 2 heteroatoms. The second-order valence-electron chi connectivity index (χ2n) is 5.11. The summed E-state index contributed by atoms with van der Waals surface area (Å²) in [6.07, 6.45) is 10.8. The van der Waals surface area contributed by atoms with Gasteiger partial charge in [-0.05, 0) is 51.9 Å². The Bertz CT molecular complexity index is 309. The summed E-state index contributed by atoms with van der Waals surface area (Å²) in [6.45, 7) is 4.27. The fourth-order valence-electron chi connectivity index (χ4n) is 2.32. The second-order valence-corrected chi connectivity index (χ2v) is 5.11. The fourth-order valence-corrected chi connectivity index (χ4v) is 2.32. The quantitative estimate of drug-likeness (QED) is 0.532. The number of hydrogen-bond acceptors (Lipinski definition) is 2. The summed E-state index contributed by atoms with van der Waals surface area (Å²) in [7, 11) is 1.47. The van der Waals surface area contributed by atoms with Gasteiger partial charge in [-0.3, -0.25) is 4.79 Å². The van der Waals surface area contributed by atoms with E-state index in [2.05, 4.69) is 26.0 Å². The van der Waals surface area contributed by atoms with Crippen molar-refractivity contribution in [1.29, 1.82) is 0 Å². The van der Waals surface area contributed by atoms with Gasteiger partial charge in [0.25, 0.3) is 0 Å². The van der Waals surface area contributed by atoms with Crippen LogP contribution in [0.2, 0.25) is 0 Å². The minimum absolute atomic E-state index is 0.0689. The summed E-state index contributed by atoms with van der Waals surface area (Å²) < 4.78 is 4.73. The van der Waals surface area contributed by atoms with Gasteiger partial charge in [-0.2, -0.15) is 0 Å². The zero-order valence-electron chi connectivity index (χ0n) is 11.3. The van der Waals surface area contributed by atoms with E-state index >= 15 is 0 Å². The Kier molecular flexibility index (Phi) is 6.03. The van der Waals surface area contributed by atoms with Gasteiger partial charge in [-0.25, -0.2) is 0 Å². The molecule has 96 valence electrons. The largest absolute Gasteiger partial charge is 0.469 e. The first-order chi connectivity index (χ1) is 8.11. The van der Waals surface area contributed by atoms with Crippen LogP contribution < -0.4 is 0 Å². The van der Waals surface area contributed by atoms with Gasteiger partial charge in [0.15, 0.2) is 0 Å². The van der Waals surface area contributed by atoms with Gasteiger partial charge in [-0.1, -0.05) is 23.3 Å². The molecule has 0 radical (unpaired) electrons. The van der Waals surface area contributed by atoms with Gasteiger partial charge < -0.3 is 4.74 Å². The molecule has 17 heavy (non-hydrogen) atoms. The standard InChI is InChI=1S/C15H24O2/c1-12(2)6-4-7-13-8-5-9-14(10-13)11-15(16)17-3/h6,8,14H,4-5,7,9-11H2,1-3H3/t14-/m0/s1. The van der Waals surface area contributed by atoms with Crippen LogP contribution in [0.25, 0.3) is 0 Å². The average Bonchev–Trinajstić information content (AvgIpc) is 2.29. The normalized spacial score (nSPS) is 19.5. The molecule has 0 heterocycles. The molecule has 0 aliphatic heterocycles. The van der Waals surface area contributed by atoms with Crippen molar-refractivity contribution in [3.63, 3.8) is 0 Å². The molecule has 1 atom stereocenters. The summed E-state index contributed by atoms with van der Waals surface area (Å²) in [5.74, 6) is 0.426. The van der Waals surface area contributed by atoms with E-state index in [4.69, 9.17) is 4.74 Å². The number of carbonyl (C=O) groups excluding carboxylic acids is 1. The summed E-state index contributed by atoms with van der Waals surface area (Å²) in [5.41, 5.74) is 2.90. The number of hydrogen-bond donors (Lipinski definition) is 0. The molecule has 1 aliphatic rings. The molecule has 0 N–H and O–H groups in total. The van der Waals surface area contributed by atoms with E-state index in [1.54, 1.807) is 0 Å². The zero-order chi connectivity index (χ0) is 12.7. The summed E-state index contributed by atoms with van der Waals surface area (Å²) in [6, 6.07) is 0. The SMILES string of the molecule is COC(=O)C[C@H]1CCC=C(CCC=C(C)C)C1. The summed E-state index contributed by atoms with van der Waals surface area (Å²) in [5, 5.41) is 0. The maximum atomic E-state index is 11.2. The third-order valence-electron chi connectivity index (χ3n) is 3.26. The number of methoxy groups -OCH3 is 1. The van der Waals surface area contributed by atoms with Crippen LogP contribution in [0, 0.1) is 5.92 Å². The van der Waals surface area contributed by atoms with E-state index in [-0.39, 0.29) is 5.97 Å². The maximum absolute atomic E-state index is 11.2. The van der Waals surface area contributed by atoms with Crippen molar-refractivity contribution >= 4 is 5.97 Å². The van der Waals surface area contributed by atoms with Crippen molar-refractivity contribution in [3.8, 4) is 0 Å². The van der Waals surface area contributed by atoms with Crippen molar-refractivity contribution in [2.24, 2.45) is 5.92 Å². The predicted octanol–water partition coefficient (Wildman–Crippen LogP) is 4.02. The molecule has 0 spiro atoms. The van der Waals surface area contributed by atoms with E-state index in [0.717, 1.165) is 32.1 Å². The monoisotopic (exact) mass is 236 g/mol. The first-order valence-electron chi connectivity index (χ1n) is 6.50. The van der Waals surface area contributed by atoms with E-state index < -0.39 is 0 Å². The van der Waals surface area contributed by atoms with Crippen LogP contribution in [0.15, 0.2) is 23.3 Å². The minimum Gasteiger partial charge on any atom is -0.469 e. The smallest absolute Gasteiger partial charge is 0.305 e. The van der Waals surface area contributed by atoms with Crippen molar-refractivity contribution < 1.29 is 9.53 Å². The lowest BCUT2D eigenvalue weighted by atomic mass is 9.85. The Balaban J connectivity index is 2.35. The van der Waals surface area contributed by atoms with E-state index in [0.29, 0.717) is 12.3 Å². The van der Waals surface area contributed by atoms with E-state index in [9.17, 15) is 4.79 Å². The molecular weight excluding hydrogens is 212 g/mol. The Labute approximate surface area is 105 Å². The first kappa shape index (κ1) is 14.0. The summed E-state index contributed by atoms with van der Waals surface area (Å²) >= 11 is 0. The van der Waals surface area contributed by atoms with Crippen molar-refractivity contribution in [2.45, 2.75) is 52.4 Å². The second kappa shape index (κ2) is 7.31. The van der Waals surface area contributed by atoms with Gasteiger partial charge in [0.2, 0.25) is 0 Å². The molecule has 0 amide bonds. The van der Waals surface area contributed by atoms with Crippen LogP contribution in [-0.4, -0.2) is 13.1 Å². The first-order valence-corrected chi connectivity index (χ1v) is 6.50. The van der Waals surface area contributed by atoms with E-state index in [1.807, 2.05) is 0 Å². The van der Waals surface area contributed by atoms with Crippen LogP contribution in [0.3, 0.4) is 0 Å². The van der Waals surface area contributed by atoms with Crippen molar-refractivity contribution in [2.75, 3.05) is 7.11 Å². The number of esters is 1. The van der Waals surface area contributed by atoms with Crippen molar-refractivity contribution in [3.05, 3.63) is 23.3 Å². The molecule has 0 aromatic carbocycles. The predicted molar refractivity (Wildman–Crippen MR) is 70.7 cm³/mol. The molecule has 0 fully saturated rings. The topological polar surface area (TPSA) is 26.3 Å². The van der Waals surface area contributed by atoms with Crippen LogP contribution in [0.5, 0.6) is 0 Å². The third-order valence-corrected chi connectivity index (χ3v) is 3.26. The zero-order valence-corrected chi connectivity index (χ0v) is 11.3. The number of ether oxygens (including phenoxy) is 1. The van der Waals surface area contributed by atoms with Gasteiger partial charge in [0.1, 0.15) is 0 Å². The molecule has 0 aromatic rings. The van der Waals surface area contributed by atoms with Crippen LogP contribution in [0.1, 0.15) is 52.4 Å². The van der Waals surface area contributed by atoms with Gasteiger partial charge in [0, 0.05) is 6.42 Å². The Hall–Kier alpha value is -1.05. The minimum atomic E-state index is -0.0689. The van der Waals surface area contributed by atoms with Gasteiger partial charge >= 0.3 is 5.97 Å². The Morgan fingerprint density at radius 2 is 2.29 bits per heavy atom. The highest BCUT2D eigenvalue weighted by atomic mass is 16.5. The molecule has 0 unspecified atom stereocenters. The van der Waals surface area contributed by atoms with Crippen molar-refractivity contribution in [1.82, 2.24) is 0 Å². The number of rotatable bonds is 5. The third kappa shape index (κ3) is 5.71. The number of carbonyl (C=O) groups is 1. The van der Waals surface area contributed by atoms with Crippen LogP contribution in [0.4, 0.5) is 0 Å². The Morgan fingerprint density at radius 3 is 2.94 bits per heavy atom. The Morgan fingerprint density at radius 1 is 1.53 bits per heavy atom. The molecule has 0 bridgehead atoms. The molecular formula is C15H24O2. The molecule has 0 aromatic heterocycles.